The highest BCUT2D eigenvalue weighted by atomic mass is 16.5. The SMILES string of the molecule is [C-]#[N+]/C(C#N)=C1C=C(/C=C/c2ccc(N(CC)CC)cc2)OC(/C=C/c2ccc3c(c2)c2ccccc2n3-c2ccccc2)=C\1. The molecule has 0 spiro atoms. The zero-order valence-corrected chi connectivity index (χ0v) is 25.3. The van der Waals surface area contributed by atoms with E-state index in [2.05, 4.69) is 119 Å². The lowest BCUT2D eigenvalue weighted by Crippen LogP contribution is -2.21. The van der Waals surface area contributed by atoms with Crippen LogP contribution in [0.25, 0.3) is 44.5 Å². The first-order valence-corrected chi connectivity index (χ1v) is 15.0. The minimum absolute atomic E-state index is 0.0221. The monoisotopic (exact) mass is 584 g/mol. The molecule has 0 aliphatic carbocycles. The Morgan fingerprint density at radius 2 is 1.40 bits per heavy atom. The van der Waals surface area contributed by atoms with Crippen LogP contribution in [0.5, 0.6) is 0 Å². The van der Waals surface area contributed by atoms with Gasteiger partial charge in [0.15, 0.2) is 0 Å². The van der Waals surface area contributed by atoms with E-state index in [9.17, 15) is 5.26 Å². The maximum absolute atomic E-state index is 9.59. The Bertz CT molecular complexity index is 2090. The number of hydrogen-bond acceptors (Lipinski definition) is 3. The van der Waals surface area contributed by atoms with Crippen LogP contribution in [0.3, 0.4) is 0 Å². The molecule has 1 aliphatic heterocycles. The van der Waals surface area contributed by atoms with E-state index < -0.39 is 0 Å². The largest absolute Gasteiger partial charge is 0.457 e. The molecule has 5 heteroatoms. The number of para-hydroxylation sites is 2. The first-order chi connectivity index (χ1) is 22.1. The van der Waals surface area contributed by atoms with Gasteiger partial charge in [-0.3, -0.25) is 0 Å². The summed E-state index contributed by atoms with van der Waals surface area (Å²) in [5.74, 6) is 1.10. The van der Waals surface area contributed by atoms with Crippen LogP contribution in [-0.4, -0.2) is 17.7 Å². The number of nitriles is 1. The van der Waals surface area contributed by atoms with Gasteiger partial charge in [0.25, 0.3) is 5.70 Å². The Morgan fingerprint density at radius 3 is 2.07 bits per heavy atom. The molecule has 0 N–H and O–H groups in total. The van der Waals surface area contributed by atoms with Crippen molar-refractivity contribution in [3.63, 3.8) is 0 Å². The van der Waals surface area contributed by atoms with Gasteiger partial charge in [-0.05, 0) is 97.3 Å². The predicted octanol–water partition coefficient (Wildman–Crippen LogP) is 9.85. The highest BCUT2D eigenvalue weighted by Gasteiger charge is 2.14. The lowest BCUT2D eigenvalue weighted by atomic mass is 10.1. The van der Waals surface area contributed by atoms with Crippen molar-refractivity contribution in [3.8, 4) is 11.8 Å². The van der Waals surface area contributed by atoms with E-state index in [1.54, 1.807) is 12.2 Å². The fraction of sp³-hybridized carbons (Fsp3) is 0.100. The molecule has 0 bridgehead atoms. The van der Waals surface area contributed by atoms with Gasteiger partial charge in [-0.2, -0.15) is 0 Å². The summed E-state index contributed by atoms with van der Waals surface area (Å²) in [4.78, 5) is 5.74. The van der Waals surface area contributed by atoms with E-state index in [4.69, 9.17) is 11.3 Å². The minimum Gasteiger partial charge on any atom is -0.457 e. The number of anilines is 1. The van der Waals surface area contributed by atoms with E-state index >= 15 is 0 Å². The van der Waals surface area contributed by atoms with Gasteiger partial charge in [-0.15, -0.1) is 0 Å². The number of hydrogen-bond donors (Lipinski definition) is 0. The number of fused-ring (bicyclic) bond motifs is 3. The Hall–Kier alpha value is -6.04. The van der Waals surface area contributed by atoms with Crippen LogP contribution in [0.15, 0.2) is 144 Å². The molecule has 0 atom stereocenters. The first kappa shape index (κ1) is 29.1. The number of nitrogens with zero attached hydrogens (tertiary/aromatic N) is 4. The maximum Gasteiger partial charge on any atom is 0.269 e. The number of rotatable bonds is 8. The molecule has 1 aliphatic rings. The molecule has 6 rings (SSSR count). The van der Waals surface area contributed by atoms with E-state index in [1.165, 1.54) is 11.1 Å². The van der Waals surface area contributed by atoms with Crippen molar-refractivity contribution >= 4 is 39.6 Å². The molecular formula is C40H32N4O. The van der Waals surface area contributed by atoms with Crippen LogP contribution in [-0.2, 0) is 4.74 Å². The smallest absolute Gasteiger partial charge is 0.269 e. The summed E-state index contributed by atoms with van der Waals surface area (Å²) >= 11 is 0. The second-order valence-electron chi connectivity index (χ2n) is 10.6. The average molecular weight is 585 g/mol. The molecule has 0 radical (unpaired) electrons. The zero-order valence-electron chi connectivity index (χ0n) is 25.3. The molecule has 45 heavy (non-hydrogen) atoms. The predicted molar refractivity (Wildman–Crippen MR) is 185 cm³/mol. The van der Waals surface area contributed by atoms with Crippen molar-refractivity contribution in [3.05, 3.63) is 167 Å². The van der Waals surface area contributed by atoms with E-state index in [-0.39, 0.29) is 5.70 Å². The Balaban J connectivity index is 1.30. The number of allylic oxidation sites excluding steroid dienone is 6. The third kappa shape index (κ3) is 6.07. The molecule has 0 fully saturated rings. The molecule has 0 saturated carbocycles. The van der Waals surface area contributed by atoms with Gasteiger partial charge in [-0.25, -0.2) is 10.1 Å². The Labute approximate surface area is 264 Å². The molecule has 5 nitrogen and oxygen atoms in total. The average Bonchev–Trinajstić information content (AvgIpc) is 3.42. The first-order valence-electron chi connectivity index (χ1n) is 15.0. The Morgan fingerprint density at radius 1 is 0.778 bits per heavy atom. The molecule has 0 saturated heterocycles. The van der Waals surface area contributed by atoms with Crippen LogP contribution >= 0.6 is 0 Å². The van der Waals surface area contributed by atoms with Gasteiger partial charge in [0.1, 0.15) is 11.5 Å². The fourth-order valence-corrected chi connectivity index (χ4v) is 5.69. The Kier molecular flexibility index (Phi) is 8.45. The fourth-order valence-electron chi connectivity index (χ4n) is 5.69. The topological polar surface area (TPSA) is 45.6 Å². The van der Waals surface area contributed by atoms with E-state index in [0.717, 1.165) is 46.3 Å². The summed E-state index contributed by atoms with van der Waals surface area (Å²) in [6.45, 7) is 13.7. The summed E-state index contributed by atoms with van der Waals surface area (Å²) in [6, 6.07) is 35.7. The normalized spacial score (nSPS) is 14.2. The molecule has 0 amide bonds. The lowest BCUT2D eigenvalue weighted by molar-refractivity contribution is 0.332. The van der Waals surface area contributed by atoms with Crippen LogP contribution in [0.1, 0.15) is 25.0 Å². The molecule has 0 unspecified atom stereocenters. The second-order valence-corrected chi connectivity index (χ2v) is 10.6. The molecular weight excluding hydrogens is 552 g/mol. The third-order valence-electron chi connectivity index (χ3n) is 7.94. The van der Waals surface area contributed by atoms with Crippen molar-refractivity contribution in [2.75, 3.05) is 18.0 Å². The summed E-state index contributed by atoms with van der Waals surface area (Å²) < 4.78 is 8.49. The second kappa shape index (κ2) is 13.1. The van der Waals surface area contributed by atoms with Crippen molar-refractivity contribution < 1.29 is 4.74 Å². The standard InChI is InChI=1S/C40H32N4O/c1-4-43(5-2)32-20-15-29(16-21-32)17-22-34-26-31(38(28-41)42-3)27-35(45-34)23-18-30-19-24-40-37(25-30)36-13-9-10-14-39(36)44(40)33-11-7-6-8-12-33/h6-27H,4-5H2,1-2H3/b22-17+,23-18+,38-31+. The van der Waals surface area contributed by atoms with Crippen molar-refractivity contribution in [2.24, 2.45) is 0 Å². The lowest BCUT2D eigenvalue weighted by Gasteiger charge is -2.20. The summed E-state index contributed by atoms with van der Waals surface area (Å²) in [6.07, 6.45) is 11.2. The van der Waals surface area contributed by atoms with Crippen molar-refractivity contribution in [1.82, 2.24) is 4.57 Å². The van der Waals surface area contributed by atoms with Crippen LogP contribution in [0, 0.1) is 17.9 Å². The van der Waals surface area contributed by atoms with E-state index in [1.807, 2.05) is 36.4 Å². The molecule has 5 aromatic rings. The van der Waals surface area contributed by atoms with Gasteiger partial charge < -0.3 is 14.2 Å². The van der Waals surface area contributed by atoms with Crippen molar-refractivity contribution in [1.29, 1.82) is 5.26 Å². The quantitative estimate of drug-likeness (QED) is 0.135. The number of aromatic nitrogens is 1. The summed E-state index contributed by atoms with van der Waals surface area (Å²) in [7, 11) is 0. The van der Waals surface area contributed by atoms with Crippen LogP contribution in [0.2, 0.25) is 0 Å². The zero-order chi connectivity index (χ0) is 31.2. The molecule has 2 heterocycles. The van der Waals surface area contributed by atoms with Gasteiger partial charge in [-0.1, -0.05) is 66.7 Å². The highest BCUT2D eigenvalue weighted by Crippen LogP contribution is 2.33. The number of benzene rings is 4. The minimum atomic E-state index is 0.0221. The summed E-state index contributed by atoms with van der Waals surface area (Å²) in [5.41, 5.74) is 7.18. The van der Waals surface area contributed by atoms with Gasteiger partial charge >= 0.3 is 0 Å². The van der Waals surface area contributed by atoms with E-state index in [0.29, 0.717) is 17.1 Å². The maximum atomic E-state index is 9.59. The highest BCUT2D eigenvalue weighted by molar-refractivity contribution is 6.09. The van der Waals surface area contributed by atoms with Crippen LogP contribution < -0.4 is 4.90 Å². The molecule has 1 aromatic heterocycles. The number of ether oxygens (including phenoxy) is 1. The third-order valence-corrected chi connectivity index (χ3v) is 7.94. The summed E-state index contributed by atoms with van der Waals surface area (Å²) in [5, 5.41) is 11.9. The van der Waals surface area contributed by atoms with Gasteiger partial charge in [0.2, 0.25) is 0 Å². The van der Waals surface area contributed by atoms with Gasteiger partial charge in [0, 0.05) is 35.2 Å². The van der Waals surface area contributed by atoms with Crippen LogP contribution in [0.4, 0.5) is 5.69 Å². The van der Waals surface area contributed by atoms with Gasteiger partial charge in [0.05, 0.1) is 23.7 Å². The van der Waals surface area contributed by atoms with Crippen molar-refractivity contribution in [2.45, 2.75) is 13.8 Å². The molecule has 218 valence electrons. The molecule has 4 aromatic carbocycles.